The number of carbonyl (C=O) groups is 1. The van der Waals surface area contributed by atoms with Gasteiger partial charge < -0.3 is 14.5 Å². The van der Waals surface area contributed by atoms with Crippen LogP contribution in [0.4, 0.5) is 9.18 Å². The van der Waals surface area contributed by atoms with E-state index in [2.05, 4.69) is 59.8 Å². The summed E-state index contributed by atoms with van der Waals surface area (Å²) < 4.78 is 22.2. The van der Waals surface area contributed by atoms with Gasteiger partial charge in [0.05, 0.1) is 5.69 Å². The number of likely N-dealkylation sites (tertiary alicyclic amines) is 2. The van der Waals surface area contributed by atoms with Gasteiger partial charge in [-0.25, -0.2) is 9.18 Å². The lowest BCUT2D eigenvalue weighted by Gasteiger charge is -2.40. The monoisotopic (exact) mass is 560 g/mol. The third-order valence-corrected chi connectivity index (χ3v) is 8.83. The molecule has 41 heavy (non-hydrogen) atoms. The van der Waals surface area contributed by atoms with Crippen molar-refractivity contribution in [2.24, 2.45) is 5.92 Å². The largest absolute Gasteiger partial charge is 0.444 e. The number of nitrogens with zero attached hydrogens (tertiary/aromatic N) is 4. The summed E-state index contributed by atoms with van der Waals surface area (Å²) in [6.07, 6.45) is 2.72. The van der Waals surface area contributed by atoms with Crippen LogP contribution < -0.4 is 0 Å². The second kappa shape index (κ2) is 12.4. The first-order chi connectivity index (χ1) is 19.6. The molecule has 0 saturated carbocycles. The van der Waals surface area contributed by atoms with Gasteiger partial charge in [-0.3, -0.25) is 4.68 Å². The first-order valence-corrected chi connectivity index (χ1v) is 15.2. The minimum Gasteiger partial charge on any atom is -0.444 e. The number of hydrogen-bond acceptors (Lipinski definition) is 4. The van der Waals surface area contributed by atoms with Gasteiger partial charge in [0.25, 0.3) is 0 Å². The second-order valence-electron chi connectivity index (χ2n) is 12.8. The molecule has 2 aliphatic rings. The van der Waals surface area contributed by atoms with Gasteiger partial charge in [0.1, 0.15) is 11.4 Å². The summed E-state index contributed by atoms with van der Waals surface area (Å²) >= 11 is 0. The van der Waals surface area contributed by atoms with Crippen LogP contribution in [-0.2, 0) is 17.7 Å². The van der Waals surface area contributed by atoms with Crippen LogP contribution in [0.25, 0.3) is 0 Å². The maximum Gasteiger partial charge on any atom is 0.410 e. The smallest absolute Gasteiger partial charge is 0.410 e. The van der Waals surface area contributed by atoms with Gasteiger partial charge in [0.2, 0.25) is 0 Å². The third-order valence-electron chi connectivity index (χ3n) is 8.83. The van der Waals surface area contributed by atoms with Gasteiger partial charge in [0, 0.05) is 55.5 Å². The molecule has 0 N–H and O–H groups in total. The number of amides is 1. The van der Waals surface area contributed by atoms with E-state index in [0.717, 1.165) is 50.2 Å². The van der Waals surface area contributed by atoms with E-state index in [0.29, 0.717) is 19.0 Å². The predicted molar refractivity (Wildman–Crippen MR) is 161 cm³/mol. The lowest BCUT2D eigenvalue weighted by atomic mass is 9.82. The number of rotatable bonds is 7. The van der Waals surface area contributed by atoms with E-state index < -0.39 is 5.60 Å². The van der Waals surface area contributed by atoms with Crippen molar-refractivity contribution < 1.29 is 13.9 Å². The van der Waals surface area contributed by atoms with Crippen molar-refractivity contribution in [3.8, 4) is 0 Å². The maximum atomic E-state index is 14.2. The first kappa shape index (κ1) is 29.3. The van der Waals surface area contributed by atoms with Crippen molar-refractivity contribution in [2.45, 2.75) is 83.9 Å². The molecule has 2 saturated heterocycles. The highest BCUT2D eigenvalue weighted by Crippen LogP contribution is 2.39. The lowest BCUT2D eigenvalue weighted by molar-refractivity contribution is 0.0275. The van der Waals surface area contributed by atoms with Gasteiger partial charge in [-0.1, -0.05) is 42.5 Å². The summed E-state index contributed by atoms with van der Waals surface area (Å²) in [5.41, 5.74) is 4.17. The Balaban J connectivity index is 1.27. The van der Waals surface area contributed by atoms with E-state index in [1.165, 1.54) is 17.3 Å². The molecule has 2 aliphatic heterocycles. The molecule has 2 fully saturated rings. The zero-order chi connectivity index (χ0) is 29.1. The van der Waals surface area contributed by atoms with Crippen LogP contribution in [0, 0.1) is 11.7 Å². The SMILES string of the molecule is CCn1nc(Cc2ccccc2)cc1C1CCN([C@@H](C)C2CN(C(=O)OC(C)(C)C)CC2c2cccc(F)c2)CC1. The summed E-state index contributed by atoms with van der Waals surface area (Å²) in [7, 11) is 0. The van der Waals surface area contributed by atoms with E-state index in [-0.39, 0.29) is 29.8 Å². The normalized spacial score (nSPS) is 21.3. The van der Waals surface area contributed by atoms with Crippen LogP contribution in [-0.4, -0.2) is 63.5 Å². The number of ether oxygens (including phenoxy) is 1. The molecule has 3 heterocycles. The van der Waals surface area contributed by atoms with E-state index in [1.807, 2.05) is 31.7 Å². The van der Waals surface area contributed by atoms with Crippen LogP contribution >= 0.6 is 0 Å². The molecule has 6 nitrogen and oxygen atoms in total. The molecule has 7 heteroatoms. The molecule has 2 aromatic carbocycles. The fourth-order valence-electron chi connectivity index (χ4n) is 6.72. The summed E-state index contributed by atoms with van der Waals surface area (Å²) in [6, 6.07) is 20.0. The Hall–Kier alpha value is -3.19. The minimum absolute atomic E-state index is 0.0630. The Kier molecular flexibility index (Phi) is 8.83. The summed E-state index contributed by atoms with van der Waals surface area (Å²) in [4.78, 5) is 17.4. The summed E-state index contributed by atoms with van der Waals surface area (Å²) in [5.74, 6) is 0.508. The quantitative estimate of drug-likeness (QED) is 0.317. The first-order valence-electron chi connectivity index (χ1n) is 15.2. The van der Waals surface area contributed by atoms with Crippen molar-refractivity contribution in [3.63, 3.8) is 0 Å². The van der Waals surface area contributed by atoms with E-state index >= 15 is 0 Å². The van der Waals surface area contributed by atoms with Crippen molar-refractivity contribution in [1.29, 1.82) is 0 Å². The molecule has 1 aromatic heterocycles. The zero-order valence-corrected chi connectivity index (χ0v) is 25.2. The maximum absolute atomic E-state index is 14.2. The molecule has 5 rings (SSSR count). The van der Waals surface area contributed by atoms with Crippen molar-refractivity contribution in [3.05, 3.63) is 89.0 Å². The van der Waals surface area contributed by atoms with Crippen LogP contribution in [0.15, 0.2) is 60.7 Å². The van der Waals surface area contributed by atoms with Crippen LogP contribution in [0.3, 0.4) is 0 Å². The number of aromatic nitrogens is 2. The third kappa shape index (κ3) is 7.00. The molecule has 2 unspecified atom stereocenters. The second-order valence-corrected chi connectivity index (χ2v) is 12.8. The number of carbonyl (C=O) groups excluding carboxylic acids is 1. The zero-order valence-electron chi connectivity index (χ0n) is 25.2. The van der Waals surface area contributed by atoms with Gasteiger partial charge in [-0.15, -0.1) is 0 Å². The summed E-state index contributed by atoms with van der Waals surface area (Å²) in [6.45, 7) is 14.2. The summed E-state index contributed by atoms with van der Waals surface area (Å²) in [5, 5.41) is 4.94. The Labute approximate surface area is 244 Å². The number of benzene rings is 2. The number of halogens is 1. The van der Waals surface area contributed by atoms with Crippen molar-refractivity contribution >= 4 is 6.09 Å². The van der Waals surface area contributed by atoms with Gasteiger partial charge in [-0.2, -0.15) is 5.10 Å². The fourth-order valence-corrected chi connectivity index (χ4v) is 6.72. The van der Waals surface area contributed by atoms with Crippen molar-refractivity contribution in [1.82, 2.24) is 19.6 Å². The fraction of sp³-hybridized carbons (Fsp3) is 0.529. The standard InChI is InChI=1S/C34H45FN4O2/c1-6-39-32(21-29(36-39)19-25-11-8-7-9-12-25)26-15-17-37(18-16-26)24(2)30-22-38(33(40)41-34(3,4)5)23-31(30)27-13-10-14-28(35)20-27/h7-14,20-21,24,26,30-31H,6,15-19,22-23H2,1-5H3/t24-,30?,31?/m0/s1. The van der Waals surface area contributed by atoms with Crippen LogP contribution in [0.1, 0.15) is 81.8 Å². The topological polar surface area (TPSA) is 50.6 Å². The van der Waals surface area contributed by atoms with Crippen molar-refractivity contribution in [2.75, 3.05) is 26.2 Å². The molecule has 0 spiro atoms. The molecular formula is C34H45FN4O2. The van der Waals surface area contributed by atoms with Gasteiger partial charge in [-0.05, 0) is 89.9 Å². The molecular weight excluding hydrogens is 515 g/mol. The van der Waals surface area contributed by atoms with Gasteiger partial charge >= 0.3 is 6.09 Å². The Morgan fingerprint density at radius 3 is 2.44 bits per heavy atom. The van der Waals surface area contributed by atoms with E-state index in [1.54, 1.807) is 12.1 Å². The van der Waals surface area contributed by atoms with E-state index in [9.17, 15) is 9.18 Å². The predicted octanol–water partition coefficient (Wildman–Crippen LogP) is 6.85. The average Bonchev–Trinajstić information content (AvgIpc) is 3.57. The highest BCUT2D eigenvalue weighted by Gasteiger charge is 2.42. The minimum atomic E-state index is -0.553. The molecule has 3 atom stereocenters. The Morgan fingerprint density at radius 2 is 1.78 bits per heavy atom. The van der Waals surface area contributed by atoms with Gasteiger partial charge in [0.15, 0.2) is 0 Å². The van der Waals surface area contributed by atoms with Crippen LogP contribution in [0.5, 0.6) is 0 Å². The number of aryl methyl sites for hydroxylation is 1. The highest BCUT2D eigenvalue weighted by atomic mass is 19.1. The molecule has 0 aliphatic carbocycles. The molecule has 220 valence electrons. The Morgan fingerprint density at radius 1 is 1.05 bits per heavy atom. The molecule has 1 amide bonds. The number of piperidine rings is 1. The lowest BCUT2D eigenvalue weighted by Crippen LogP contribution is -2.45. The van der Waals surface area contributed by atoms with E-state index in [4.69, 9.17) is 9.84 Å². The highest BCUT2D eigenvalue weighted by molar-refractivity contribution is 5.68. The average molecular weight is 561 g/mol. The Bertz CT molecular complexity index is 1310. The van der Waals surface area contributed by atoms with Crippen LogP contribution in [0.2, 0.25) is 0 Å². The molecule has 3 aromatic rings. The number of hydrogen-bond donors (Lipinski definition) is 0. The molecule has 0 bridgehead atoms. The molecule has 0 radical (unpaired) electrons.